The highest BCUT2D eigenvalue weighted by molar-refractivity contribution is 6.14. The Balaban J connectivity index is 0.000000114. The number of benzene rings is 21. The maximum absolute atomic E-state index is 6.51. The van der Waals surface area contributed by atoms with Crippen molar-refractivity contribution in [3.8, 4) is 33.6 Å². The van der Waals surface area contributed by atoms with Crippen LogP contribution in [0.1, 0.15) is 0 Å². The summed E-state index contributed by atoms with van der Waals surface area (Å²) < 4.78 is 17.7. The van der Waals surface area contributed by atoms with Gasteiger partial charge >= 0.3 is 0 Å². The molecule has 0 unspecified atom stereocenters. The van der Waals surface area contributed by atoms with Crippen LogP contribution >= 0.6 is 0 Å². The second-order valence-corrected chi connectivity index (χ2v) is 33.5. The van der Waals surface area contributed by atoms with Gasteiger partial charge in [-0.05, 0) is 251 Å². The number of aromatic nitrogens is 2. The Kier molecular flexibility index (Phi) is 21.5. The number of rotatable bonds is 19. The van der Waals surface area contributed by atoms with Crippen LogP contribution in [-0.4, -0.2) is 9.13 Å². The van der Waals surface area contributed by atoms with E-state index in [9.17, 15) is 0 Å². The zero-order valence-corrected chi connectivity index (χ0v) is 73.1. The molecule has 4 heterocycles. The molecule has 0 saturated carbocycles. The Hall–Kier alpha value is -18.1. The summed E-state index contributed by atoms with van der Waals surface area (Å²) in [6.45, 7) is 0. The zero-order valence-electron chi connectivity index (χ0n) is 73.1. The smallest absolute Gasteiger partial charge is 0.137 e. The molecule has 0 bridgehead atoms. The molecular weight excluding hydrogens is 1630 g/mol. The lowest BCUT2D eigenvalue weighted by Crippen LogP contribution is -2.10. The van der Waals surface area contributed by atoms with Gasteiger partial charge in [-0.25, -0.2) is 0 Å². The first-order chi connectivity index (χ1) is 66.4. The van der Waals surface area contributed by atoms with Crippen LogP contribution in [0.3, 0.4) is 0 Å². The Bertz CT molecular complexity index is 8430. The van der Waals surface area contributed by atoms with Crippen molar-refractivity contribution in [2.75, 3.05) is 30.7 Å². The number of hydrogen-bond acceptors (Lipinski definition) is 8. The molecule has 21 aromatic carbocycles. The molecule has 25 aromatic rings. The maximum atomic E-state index is 6.51. The van der Waals surface area contributed by atoms with Crippen molar-refractivity contribution in [3.63, 3.8) is 0 Å². The van der Waals surface area contributed by atoms with E-state index in [2.05, 4.69) is 519 Å². The highest BCUT2D eigenvalue weighted by atomic mass is 16.3. The number of para-hydroxylation sites is 9. The number of furan rings is 2. The molecule has 0 atom stereocenters. The van der Waals surface area contributed by atoms with Gasteiger partial charge in [-0.1, -0.05) is 273 Å². The van der Waals surface area contributed by atoms with Crippen molar-refractivity contribution in [2.45, 2.75) is 0 Å². The van der Waals surface area contributed by atoms with Crippen LogP contribution in [0.15, 0.2) is 524 Å². The second kappa shape index (κ2) is 35.8. The molecule has 10 nitrogen and oxygen atoms in total. The molecule has 25 rings (SSSR count). The summed E-state index contributed by atoms with van der Waals surface area (Å²) in [5, 5.41) is 22.6. The number of hydrogen-bond donors (Lipinski definition) is 3. The van der Waals surface area contributed by atoms with Gasteiger partial charge in [0.2, 0.25) is 0 Å². The van der Waals surface area contributed by atoms with Crippen LogP contribution in [0.4, 0.5) is 85.3 Å². The Morgan fingerprint density at radius 3 is 0.918 bits per heavy atom. The molecule has 0 amide bonds. The van der Waals surface area contributed by atoms with Crippen LogP contribution in [0.25, 0.3) is 132 Å². The van der Waals surface area contributed by atoms with E-state index in [1.54, 1.807) is 0 Å². The lowest BCUT2D eigenvalue weighted by Gasteiger charge is -2.26. The van der Waals surface area contributed by atoms with Gasteiger partial charge in [0.15, 0.2) is 0 Å². The van der Waals surface area contributed by atoms with Crippen LogP contribution in [0.2, 0.25) is 0 Å². The van der Waals surface area contributed by atoms with Gasteiger partial charge in [0.25, 0.3) is 0 Å². The molecule has 0 aliphatic heterocycles. The number of anilines is 15. The van der Waals surface area contributed by atoms with E-state index in [1.807, 2.05) is 36.4 Å². The number of nitrogens with zero attached hydrogens (tertiary/aromatic N) is 5. The highest BCUT2D eigenvalue weighted by Crippen LogP contribution is 2.46. The summed E-state index contributed by atoms with van der Waals surface area (Å²) in [6, 6.07) is 181. The normalized spacial score (nSPS) is 11.3. The molecule has 0 radical (unpaired) electrons. The van der Waals surface area contributed by atoms with Crippen molar-refractivity contribution in [3.05, 3.63) is 516 Å². The SMILES string of the molecule is c1ccc(-c2cccc(-c3ccc(Nc4ccc5c(c4)oc4cc(N(c6ccccc6)c6ccccc6)ccc45)cc3)c2)cc1.c1ccc(N(c2ccccc2)c2ccc3c(c2)oc2cc(Nc4ccc5c6ccccc6n(-c6ccccc6)c5c4)ccc23)cc1.c1ccc(Nc2ccc3c4ccc(N(c5ccccc5)c5ccc6ccccc6c5)cc4n(-c4ccccc4)c3c2)cc1. The van der Waals surface area contributed by atoms with E-state index in [4.69, 9.17) is 8.83 Å². The van der Waals surface area contributed by atoms with E-state index in [0.717, 1.165) is 157 Å². The molecule has 0 aliphatic rings. The van der Waals surface area contributed by atoms with E-state index in [-0.39, 0.29) is 0 Å². The van der Waals surface area contributed by atoms with Crippen molar-refractivity contribution < 1.29 is 8.83 Å². The zero-order chi connectivity index (χ0) is 89.0. The molecule has 0 spiro atoms. The monoisotopic (exact) mass is 1720 g/mol. The summed E-state index contributed by atoms with van der Waals surface area (Å²) in [6.07, 6.45) is 0. The first kappa shape index (κ1) is 80.4. The summed E-state index contributed by atoms with van der Waals surface area (Å²) in [5.74, 6) is 0. The largest absolute Gasteiger partial charge is 0.456 e. The van der Waals surface area contributed by atoms with Crippen molar-refractivity contribution in [1.29, 1.82) is 0 Å². The van der Waals surface area contributed by atoms with Crippen molar-refractivity contribution in [1.82, 2.24) is 9.13 Å². The topological polar surface area (TPSA) is 81.9 Å². The molecule has 4 aromatic heterocycles. The van der Waals surface area contributed by atoms with E-state index in [0.29, 0.717) is 0 Å². The molecule has 0 saturated heterocycles. The summed E-state index contributed by atoms with van der Waals surface area (Å²) in [5.41, 5.74) is 31.2. The maximum Gasteiger partial charge on any atom is 0.137 e. The minimum Gasteiger partial charge on any atom is -0.456 e. The lowest BCUT2D eigenvalue weighted by molar-refractivity contribution is 0.668. The Labute approximate surface area is 776 Å². The second-order valence-electron chi connectivity index (χ2n) is 33.5. The van der Waals surface area contributed by atoms with Gasteiger partial charge in [-0.2, -0.15) is 0 Å². The predicted octanol–water partition coefficient (Wildman–Crippen LogP) is 35.2. The summed E-state index contributed by atoms with van der Waals surface area (Å²) in [7, 11) is 0. The molecule has 0 aliphatic carbocycles. The van der Waals surface area contributed by atoms with Crippen molar-refractivity contribution in [2.24, 2.45) is 0 Å². The fraction of sp³-hybridized carbons (Fsp3) is 0. The molecule has 636 valence electrons. The number of fused-ring (bicyclic) bond motifs is 13. The van der Waals surface area contributed by atoms with Crippen molar-refractivity contribution >= 4 is 184 Å². The van der Waals surface area contributed by atoms with Crippen LogP contribution < -0.4 is 30.7 Å². The standard InChI is InChI=1S/C42H29N3O.C42H30N2O.C40H29N3/c1-4-12-31(13-5-1)44(32-14-6-2-7-15-32)34-22-25-38-37-24-21-30(27-41(37)46-42(38)28-34)43-29-20-23-36-35-18-10-11-19-39(35)45(40(36)26-29)33-16-8-3-9-17-33;1-4-11-30(12-5-1)32-13-10-14-33(27-32)31-19-21-34(22-20-31)43-35-23-25-39-40-26-24-38(29-42(40)45-41(39)28-35)44(36-15-6-2-7-16-36)37-17-8-3-9-18-37;1-4-14-31(15-5-1)41-32-21-24-37-38-25-23-36(28-40(38)43(39(37)27-32)34-18-8-3-9-19-34)42(33-16-6-2-7-17-33)35-22-20-29-12-10-11-13-30(29)26-35/h1-28,43H;1-29,43H;1-28,41H. The van der Waals surface area contributed by atoms with Crippen LogP contribution in [-0.2, 0) is 0 Å². The Morgan fingerprint density at radius 1 is 0.157 bits per heavy atom. The third kappa shape index (κ3) is 16.1. The Morgan fingerprint density at radius 2 is 0.448 bits per heavy atom. The quantitative estimate of drug-likeness (QED) is 0.0739. The van der Waals surface area contributed by atoms with E-state index < -0.39 is 0 Å². The van der Waals surface area contributed by atoms with Gasteiger partial charge < -0.3 is 48.6 Å². The number of nitrogens with one attached hydrogen (secondary N) is 3. The fourth-order valence-electron chi connectivity index (χ4n) is 18.8. The molecular formula is C124H88N8O2. The van der Waals surface area contributed by atoms with Gasteiger partial charge in [-0.3, -0.25) is 0 Å². The minimum absolute atomic E-state index is 0.850. The fourth-order valence-corrected chi connectivity index (χ4v) is 18.8. The average Bonchev–Trinajstić information content (AvgIpc) is 1.57. The van der Waals surface area contributed by atoms with E-state index in [1.165, 1.54) is 60.1 Å². The van der Waals surface area contributed by atoms with Gasteiger partial charge in [-0.15, -0.1) is 0 Å². The summed E-state index contributed by atoms with van der Waals surface area (Å²) in [4.78, 5) is 6.85. The minimum atomic E-state index is 0.850. The first-order valence-electron chi connectivity index (χ1n) is 45.3. The van der Waals surface area contributed by atoms with E-state index >= 15 is 0 Å². The highest BCUT2D eigenvalue weighted by Gasteiger charge is 2.23. The molecule has 0 fully saturated rings. The first-order valence-corrected chi connectivity index (χ1v) is 45.3. The van der Waals surface area contributed by atoms with Crippen LogP contribution in [0, 0.1) is 0 Å². The molecule has 3 N–H and O–H groups in total. The third-order valence-corrected chi connectivity index (χ3v) is 25.0. The third-order valence-electron chi connectivity index (χ3n) is 25.0. The van der Waals surface area contributed by atoms with Crippen LogP contribution in [0.5, 0.6) is 0 Å². The molecule has 134 heavy (non-hydrogen) atoms. The average molecular weight is 1720 g/mol. The van der Waals surface area contributed by atoms with Gasteiger partial charge in [0.05, 0.1) is 22.1 Å². The summed E-state index contributed by atoms with van der Waals surface area (Å²) >= 11 is 0. The lowest BCUT2D eigenvalue weighted by atomic mass is 9.99. The van der Waals surface area contributed by atoms with Gasteiger partial charge in [0, 0.05) is 164 Å². The molecule has 10 heteroatoms. The van der Waals surface area contributed by atoms with Gasteiger partial charge in [0.1, 0.15) is 22.3 Å². The predicted molar refractivity (Wildman–Crippen MR) is 564 cm³/mol.